The third-order valence-corrected chi connectivity index (χ3v) is 2.91. The molecule has 0 heterocycles. The van der Waals surface area contributed by atoms with Crippen LogP contribution in [0.4, 0.5) is 4.39 Å². The van der Waals surface area contributed by atoms with Crippen LogP contribution in [0.3, 0.4) is 0 Å². The van der Waals surface area contributed by atoms with Crippen LogP contribution in [0.2, 0.25) is 0 Å². The van der Waals surface area contributed by atoms with Gasteiger partial charge >= 0.3 is 0 Å². The first kappa shape index (κ1) is 11.2. The highest BCUT2D eigenvalue weighted by Crippen LogP contribution is 2.29. The summed E-state index contributed by atoms with van der Waals surface area (Å²) in [5, 5.41) is 0. The third-order valence-electron chi connectivity index (χ3n) is 2.91. The Balaban J connectivity index is 3.12. The summed E-state index contributed by atoms with van der Waals surface area (Å²) in [5.74, 6) is 0. The highest BCUT2D eigenvalue weighted by atomic mass is 19.1. The van der Waals surface area contributed by atoms with Crippen molar-refractivity contribution in [3.63, 3.8) is 0 Å². The van der Waals surface area contributed by atoms with E-state index in [0.29, 0.717) is 12.0 Å². The molecule has 1 atom stereocenters. The van der Waals surface area contributed by atoms with E-state index in [1.165, 1.54) is 5.56 Å². The van der Waals surface area contributed by atoms with Gasteiger partial charge in [0.2, 0.25) is 0 Å². The zero-order chi connectivity index (χ0) is 10.8. The van der Waals surface area contributed by atoms with Crippen LogP contribution in [0.25, 0.3) is 0 Å². The molecule has 0 spiro atoms. The van der Waals surface area contributed by atoms with Gasteiger partial charge in [-0.1, -0.05) is 25.1 Å². The SMILES string of the molecule is CCC(F)(CN)c1ccc(C)c(C)c1. The second kappa shape index (κ2) is 4.09. The van der Waals surface area contributed by atoms with Gasteiger partial charge < -0.3 is 5.73 Å². The van der Waals surface area contributed by atoms with Crippen LogP contribution in [0.5, 0.6) is 0 Å². The van der Waals surface area contributed by atoms with Crippen molar-refractivity contribution in [1.29, 1.82) is 0 Å². The molecule has 14 heavy (non-hydrogen) atoms. The van der Waals surface area contributed by atoms with Gasteiger partial charge in [-0.3, -0.25) is 0 Å². The number of hydrogen-bond donors (Lipinski definition) is 1. The molecule has 0 aliphatic carbocycles. The van der Waals surface area contributed by atoms with Crippen molar-refractivity contribution in [2.75, 3.05) is 6.54 Å². The lowest BCUT2D eigenvalue weighted by atomic mass is 9.91. The minimum absolute atomic E-state index is 0.0476. The monoisotopic (exact) mass is 195 g/mol. The van der Waals surface area contributed by atoms with Crippen LogP contribution < -0.4 is 5.73 Å². The minimum Gasteiger partial charge on any atom is -0.327 e. The number of rotatable bonds is 3. The molecule has 1 aromatic carbocycles. The topological polar surface area (TPSA) is 26.0 Å². The van der Waals surface area contributed by atoms with Gasteiger partial charge in [-0.15, -0.1) is 0 Å². The standard InChI is InChI=1S/C12H18FN/c1-4-12(13,8-14)11-6-5-9(2)10(3)7-11/h5-7H,4,8,14H2,1-3H3. The van der Waals surface area contributed by atoms with Gasteiger partial charge in [0, 0.05) is 6.54 Å². The summed E-state index contributed by atoms with van der Waals surface area (Å²) in [7, 11) is 0. The fraction of sp³-hybridized carbons (Fsp3) is 0.500. The largest absolute Gasteiger partial charge is 0.327 e. The van der Waals surface area contributed by atoms with E-state index in [-0.39, 0.29) is 6.54 Å². The Morgan fingerprint density at radius 2 is 1.93 bits per heavy atom. The lowest BCUT2D eigenvalue weighted by Gasteiger charge is -2.23. The molecule has 0 fully saturated rings. The van der Waals surface area contributed by atoms with Crippen LogP contribution in [-0.2, 0) is 5.67 Å². The van der Waals surface area contributed by atoms with Crippen LogP contribution in [0.1, 0.15) is 30.0 Å². The van der Waals surface area contributed by atoms with Crippen LogP contribution in [-0.4, -0.2) is 6.54 Å². The van der Waals surface area contributed by atoms with Crippen LogP contribution >= 0.6 is 0 Å². The molecule has 78 valence electrons. The van der Waals surface area contributed by atoms with E-state index in [1.54, 1.807) is 0 Å². The summed E-state index contributed by atoms with van der Waals surface area (Å²) >= 11 is 0. The van der Waals surface area contributed by atoms with Gasteiger partial charge in [-0.05, 0) is 37.0 Å². The average molecular weight is 195 g/mol. The van der Waals surface area contributed by atoms with Gasteiger partial charge in [0.05, 0.1) is 0 Å². The average Bonchev–Trinajstić information content (AvgIpc) is 2.21. The number of hydrogen-bond acceptors (Lipinski definition) is 1. The maximum Gasteiger partial charge on any atom is 0.147 e. The Morgan fingerprint density at radius 3 is 2.36 bits per heavy atom. The zero-order valence-electron chi connectivity index (χ0n) is 9.10. The Labute approximate surface area is 85.1 Å². The summed E-state index contributed by atoms with van der Waals surface area (Å²) in [5.41, 5.74) is 7.10. The van der Waals surface area contributed by atoms with Crippen molar-refractivity contribution < 1.29 is 4.39 Å². The summed E-state index contributed by atoms with van der Waals surface area (Å²) in [6.07, 6.45) is 0.423. The number of halogens is 1. The van der Waals surface area contributed by atoms with Crippen molar-refractivity contribution >= 4 is 0 Å². The van der Waals surface area contributed by atoms with E-state index < -0.39 is 5.67 Å². The molecule has 0 saturated heterocycles. The summed E-state index contributed by atoms with van der Waals surface area (Å²) in [6, 6.07) is 5.68. The van der Waals surface area contributed by atoms with E-state index in [1.807, 2.05) is 39.0 Å². The predicted molar refractivity (Wildman–Crippen MR) is 58.0 cm³/mol. The molecule has 1 nitrogen and oxygen atoms in total. The second-order valence-corrected chi connectivity index (χ2v) is 3.82. The van der Waals surface area contributed by atoms with Crippen molar-refractivity contribution in [2.45, 2.75) is 32.9 Å². The molecule has 2 heteroatoms. The van der Waals surface area contributed by atoms with Crippen LogP contribution in [0, 0.1) is 13.8 Å². The molecule has 0 bridgehead atoms. The molecule has 1 unspecified atom stereocenters. The fourth-order valence-corrected chi connectivity index (χ4v) is 1.49. The molecule has 2 N–H and O–H groups in total. The third kappa shape index (κ3) is 1.95. The second-order valence-electron chi connectivity index (χ2n) is 3.82. The van der Waals surface area contributed by atoms with Gasteiger partial charge in [0.15, 0.2) is 0 Å². The minimum atomic E-state index is -1.36. The molecule has 0 saturated carbocycles. The highest BCUT2D eigenvalue weighted by Gasteiger charge is 2.27. The molecule has 0 aromatic heterocycles. The molecule has 1 rings (SSSR count). The first-order valence-electron chi connectivity index (χ1n) is 5.00. The van der Waals surface area contributed by atoms with E-state index >= 15 is 0 Å². The van der Waals surface area contributed by atoms with E-state index in [9.17, 15) is 4.39 Å². The van der Waals surface area contributed by atoms with Crippen molar-refractivity contribution in [1.82, 2.24) is 0 Å². The molecule has 0 radical (unpaired) electrons. The summed E-state index contributed by atoms with van der Waals surface area (Å²) in [6.45, 7) is 5.88. The lowest BCUT2D eigenvalue weighted by molar-refractivity contribution is 0.169. The normalized spacial score (nSPS) is 15.2. The Hall–Kier alpha value is -0.890. The molecule has 0 amide bonds. The first-order valence-corrected chi connectivity index (χ1v) is 5.00. The van der Waals surface area contributed by atoms with E-state index in [0.717, 1.165) is 5.56 Å². The van der Waals surface area contributed by atoms with Crippen molar-refractivity contribution in [3.05, 3.63) is 34.9 Å². The van der Waals surface area contributed by atoms with Crippen LogP contribution in [0.15, 0.2) is 18.2 Å². The lowest BCUT2D eigenvalue weighted by Crippen LogP contribution is -2.29. The van der Waals surface area contributed by atoms with Crippen molar-refractivity contribution in [2.24, 2.45) is 5.73 Å². The van der Waals surface area contributed by atoms with E-state index in [2.05, 4.69) is 0 Å². The van der Waals surface area contributed by atoms with Crippen molar-refractivity contribution in [3.8, 4) is 0 Å². The Kier molecular flexibility index (Phi) is 3.27. The van der Waals surface area contributed by atoms with Gasteiger partial charge in [0.25, 0.3) is 0 Å². The Bertz CT molecular complexity index is 316. The quantitative estimate of drug-likeness (QED) is 0.788. The summed E-state index contributed by atoms with van der Waals surface area (Å²) < 4.78 is 14.2. The molecular formula is C12H18FN. The summed E-state index contributed by atoms with van der Waals surface area (Å²) in [4.78, 5) is 0. The molecular weight excluding hydrogens is 177 g/mol. The number of nitrogens with two attached hydrogens (primary N) is 1. The zero-order valence-corrected chi connectivity index (χ0v) is 9.10. The smallest absolute Gasteiger partial charge is 0.147 e. The van der Waals surface area contributed by atoms with Gasteiger partial charge in [-0.25, -0.2) is 4.39 Å². The van der Waals surface area contributed by atoms with Gasteiger partial charge in [0.1, 0.15) is 5.67 Å². The number of alkyl halides is 1. The maximum atomic E-state index is 14.2. The van der Waals surface area contributed by atoms with E-state index in [4.69, 9.17) is 5.73 Å². The molecule has 1 aromatic rings. The highest BCUT2D eigenvalue weighted by molar-refractivity contribution is 5.33. The number of aryl methyl sites for hydroxylation is 2. The predicted octanol–water partition coefficient (Wildman–Crippen LogP) is 2.84. The first-order chi connectivity index (χ1) is 6.53. The fourth-order valence-electron chi connectivity index (χ4n) is 1.49. The maximum absolute atomic E-state index is 14.2. The Morgan fingerprint density at radius 1 is 1.29 bits per heavy atom. The van der Waals surface area contributed by atoms with Gasteiger partial charge in [-0.2, -0.15) is 0 Å². The molecule has 0 aliphatic rings. The molecule has 0 aliphatic heterocycles. The number of benzene rings is 1.